The molecule has 0 aliphatic carbocycles. The predicted octanol–water partition coefficient (Wildman–Crippen LogP) is 11.2. The quantitative estimate of drug-likeness (QED) is 0.164. The number of fused-ring (bicyclic) bond motifs is 5. The molecule has 4 aromatic heterocycles. The topological polar surface area (TPSA) is 68.9 Å². The summed E-state index contributed by atoms with van der Waals surface area (Å²) < 4.78 is 2.12. The molecule has 248 valence electrons. The van der Waals surface area contributed by atoms with E-state index in [1.807, 2.05) is 84.9 Å². The number of imidazole rings is 1. The van der Waals surface area contributed by atoms with Gasteiger partial charge in [-0.1, -0.05) is 152 Å². The molecular weight excluding hydrogens is 649 g/mol. The van der Waals surface area contributed by atoms with Crippen molar-refractivity contribution in [3.8, 4) is 67.8 Å². The predicted molar refractivity (Wildman–Crippen MR) is 214 cm³/mol. The number of para-hydroxylation sites is 1. The van der Waals surface area contributed by atoms with Crippen molar-refractivity contribution in [3.63, 3.8) is 0 Å². The second-order valence-corrected chi connectivity index (χ2v) is 13.0. The molecule has 6 heteroatoms. The second kappa shape index (κ2) is 12.8. The first kappa shape index (κ1) is 30.5. The van der Waals surface area contributed by atoms with Gasteiger partial charge < -0.3 is 4.40 Å². The maximum atomic E-state index is 5.24. The van der Waals surface area contributed by atoms with Crippen LogP contribution in [0, 0.1) is 0 Å². The fourth-order valence-electron chi connectivity index (χ4n) is 7.04. The van der Waals surface area contributed by atoms with Gasteiger partial charge in [0.2, 0.25) is 0 Å². The maximum absolute atomic E-state index is 5.24. The molecule has 0 saturated carbocycles. The highest BCUT2D eigenvalue weighted by Gasteiger charge is 2.17. The standard InChI is InChI=1S/C47H30N6/c1-4-13-32(14-5-1)41-30-53-28-27-39-42(47(53)49-41)38-21-10-11-22-40(38)48-43(39)37-20-12-19-36(29-37)31-23-25-35(26-24-31)46-51-44(33-15-6-2-7-16-33)50-45(52-46)34-17-8-3-9-18-34/h1-30H. The van der Waals surface area contributed by atoms with Crippen molar-refractivity contribution in [1.29, 1.82) is 0 Å². The minimum absolute atomic E-state index is 0.630. The van der Waals surface area contributed by atoms with Crippen molar-refractivity contribution in [2.75, 3.05) is 0 Å². The molecule has 0 atom stereocenters. The van der Waals surface area contributed by atoms with Gasteiger partial charge in [-0.2, -0.15) is 0 Å². The van der Waals surface area contributed by atoms with Crippen molar-refractivity contribution in [2.45, 2.75) is 0 Å². The average Bonchev–Trinajstić information content (AvgIpc) is 3.69. The molecule has 0 fully saturated rings. The van der Waals surface area contributed by atoms with E-state index >= 15 is 0 Å². The number of pyridine rings is 2. The second-order valence-electron chi connectivity index (χ2n) is 13.0. The van der Waals surface area contributed by atoms with E-state index in [0.717, 1.165) is 77.7 Å². The highest BCUT2D eigenvalue weighted by Crippen LogP contribution is 2.37. The van der Waals surface area contributed by atoms with Gasteiger partial charge in [0.25, 0.3) is 0 Å². The van der Waals surface area contributed by atoms with Crippen LogP contribution in [-0.2, 0) is 0 Å². The number of hydrogen-bond acceptors (Lipinski definition) is 5. The van der Waals surface area contributed by atoms with Gasteiger partial charge in [-0.15, -0.1) is 0 Å². The summed E-state index contributed by atoms with van der Waals surface area (Å²) in [6.45, 7) is 0. The Hall–Kier alpha value is -7.31. The summed E-state index contributed by atoms with van der Waals surface area (Å²) in [7, 11) is 0. The molecule has 0 aliphatic rings. The van der Waals surface area contributed by atoms with E-state index in [1.54, 1.807) is 0 Å². The number of rotatable bonds is 6. The molecule has 0 amide bonds. The highest BCUT2D eigenvalue weighted by molar-refractivity contribution is 6.16. The molecule has 4 heterocycles. The molecule has 0 bridgehead atoms. The summed E-state index contributed by atoms with van der Waals surface area (Å²) in [4.78, 5) is 25.1. The van der Waals surface area contributed by atoms with Gasteiger partial charge in [-0.25, -0.2) is 24.9 Å². The molecular formula is C47H30N6. The van der Waals surface area contributed by atoms with Crippen LogP contribution in [-0.4, -0.2) is 29.3 Å². The van der Waals surface area contributed by atoms with E-state index in [2.05, 4.69) is 102 Å². The smallest absolute Gasteiger partial charge is 0.164 e. The highest BCUT2D eigenvalue weighted by atomic mass is 15.0. The SMILES string of the molecule is c1ccc(-c2cn3ccc4c(-c5cccc(-c6ccc(-c7nc(-c8ccccc8)nc(-c8ccccc8)n7)cc6)c5)nc5ccccc5c4c3n2)cc1. The monoisotopic (exact) mass is 678 g/mol. The van der Waals surface area contributed by atoms with Crippen LogP contribution in [0.15, 0.2) is 182 Å². The number of benzene rings is 6. The van der Waals surface area contributed by atoms with Crippen LogP contribution in [0.25, 0.3) is 95.1 Å². The first-order valence-corrected chi connectivity index (χ1v) is 17.6. The van der Waals surface area contributed by atoms with Crippen molar-refractivity contribution in [3.05, 3.63) is 182 Å². The molecule has 0 radical (unpaired) electrons. The first-order chi connectivity index (χ1) is 26.2. The van der Waals surface area contributed by atoms with Crippen LogP contribution < -0.4 is 0 Å². The fourth-order valence-corrected chi connectivity index (χ4v) is 7.04. The normalized spacial score (nSPS) is 11.4. The Balaban J connectivity index is 1.06. The third-order valence-corrected chi connectivity index (χ3v) is 9.67. The van der Waals surface area contributed by atoms with E-state index in [1.165, 1.54) is 0 Å². The zero-order valence-electron chi connectivity index (χ0n) is 28.5. The van der Waals surface area contributed by atoms with Gasteiger partial charge in [-0.05, 0) is 29.3 Å². The fraction of sp³-hybridized carbons (Fsp3) is 0. The summed E-state index contributed by atoms with van der Waals surface area (Å²) in [5.41, 5.74) is 10.8. The molecule has 6 aromatic carbocycles. The third-order valence-electron chi connectivity index (χ3n) is 9.67. The lowest BCUT2D eigenvalue weighted by atomic mass is 9.97. The Morgan fingerprint density at radius 2 is 0.887 bits per heavy atom. The summed E-state index contributed by atoms with van der Waals surface area (Å²) in [6.07, 6.45) is 4.19. The Kier molecular flexibility index (Phi) is 7.36. The maximum Gasteiger partial charge on any atom is 0.164 e. The molecule has 10 aromatic rings. The van der Waals surface area contributed by atoms with Gasteiger partial charge >= 0.3 is 0 Å². The Bertz CT molecular complexity index is 2860. The lowest BCUT2D eigenvalue weighted by molar-refractivity contribution is 1.07. The van der Waals surface area contributed by atoms with Crippen LogP contribution in [0.5, 0.6) is 0 Å². The van der Waals surface area contributed by atoms with E-state index in [0.29, 0.717) is 17.5 Å². The average molecular weight is 679 g/mol. The van der Waals surface area contributed by atoms with Crippen LogP contribution in [0.3, 0.4) is 0 Å². The minimum Gasteiger partial charge on any atom is -0.306 e. The van der Waals surface area contributed by atoms with E-state index in [9.17, 15) is 0 Å². The van der Waals surface area contributed by atoms with E-state index < -0.39 is 0 Å². The van der Waals surface area contributed by atoms with Crippen LogP contribution in [0.4, 0.5) is 0 Å². The molecule has 6 nitrogen and oxygen atoms in total. The summed E-state index contributed by atoms with van der Waals surface area (Å²) in [6, 6.07) is 58.0. The molecule has 53 heavy (non-hydrogen) atoms. The largest absolute Gasteiger partial charge is 0.306 e. The van der Waals surface area contributed by atoms with Crippen LogP contribution >= 0.6 is 0 Å². The Labute approximate surface area is 305 Å². The van der Waals surface area contributed by atoms with Gasteiger partial charge in [0.1, 0.15) is 5.65 Å². The lowest BCUT2D eigenvalue weighted by Crippen LogP contribution is -2.00. The zero-order valence-corrected chi connectivity index (χ0v) is 28.5. The van der Waals surface area contributed by atoms with Crippen molar-refractivity contribution < 1.29 is 0 Å². The van der Waals surface area contributed by atoms with Crippen LogP contribution in [0.1, 0.15) is 0 Å². The van der Waals surface area contributed by atoms with Gasteiger partial charge in [-0.3, -0.25) is 0 Å². The van der Waals surface area contributed by atoms with Gasteiger partial charge in [0, 0.05) is 56.4 Å². The summed E-state index contributed by atoms with van der Waals surface area (Å²) in [5.74, 6) is 1.92. The van der Waals surface area contributed by atoms with E-state index in [-0.39, 0.29) is 0 Å². The summed E-state index contributed by atoms with van der Waals surface area (Å²) in [5, 5.41) is 3.23. The van der Waals surface area contributed by atoms with Crippen molar-refractivity contribution in [2.24, 2.45) is 0 Å². The molecule has 0 spiro atoms. The van der Waals surface area contributed by atoms with Crippen molar-refractivity contribution >= 4 is 27.3 Å². The summed E-state index contributed by atoms with van der Waals surface area (Å²) >= 11 is 0. The minimum atomic E-state index is 0.630. The Morgan fingerprint density at radius 1 is 0.358 bits per heavy atom. The van der Waals surface area contributed by atoms with Crippen molar-refractivity contribution in [1.82, 2.24) is 29.3 Å². The molecule has 0 unspecified atom stereocenters. The third kappa shape index (κ3) is 5.59. The first-order valence-electron chi connectivity index (χ1n) is 17.6. The molecule has 0 N–H and O–H groups in total. The zero-order chi connectivity index (χ0) is 35.1. The molecule has 10 rings (SSSR count). The molecule has 0 aliphatic heterocycles. The van der Waals surface area contributed by atoms with Gasteiger partial charge in [0.05, 0.1) is 16.9 Å². The number of hydrogen-bond donors (Lipinski definition) is 0. The Morgan fingerprint density at radius 3 is 1.55 bits per heavy atom. The van der Waals surface area contributed by atoms with E-state index in [4.69, 9.17) is 24.9 Å². The van der Waals surface area contributed by atoms with Crippen LogP contribution in [0.2, 0.25) is 0 Å². The van der Waals surface area contributed by atoms with Gasteiger partial charge in [0.15, 0.2) is 17.5 Å². The lowest BCUT2D eigenvalue weighted by Gasteiger charge is -2.12. The number of aromatic nitrogens is 6. The molecule has 0 saturated heterocycles. The number of nitrogens with zero attached hydrogens (tertiary/aromatic N) is 6.